The van der Waals surface area contributed by atoms with Crippen molar-refractivity contribution >= 4 is 17.4 Å². The summed E-state index contributed by atoms with van der Waals surface area (Å²) >= 11 is 1.49. The molecule has 0 bridgehead atoms. The van der Waals surface area contributed by atoms with Crippen molar-refractivity contribution in [3.8, 4) is 0 Å². The number of benzene rings is 1. The van der Waals surface area contributed by atoms with E-state index in [1.165, 1.54) is 17.8 Å². The molecule has 106 valence electrons. The molecule has 1 heterocycles. The van der Waals surface area contributed by atoms with Gasteiger partial charge in [-0.3, -0.25) is 10.1 Å². The molecule has 20 heavy (non-hydrogen) atoms. The van der Waals surface area contributed by atoms with E-state index in [4.69, 9.17) is 5.73 Å². The van der Waals surface area contributed by atoms with Gasteiger partial charge in [0.1, 0.15) is 5.82 Å². The second-order valence-corrected chi connectivity index (χ2v) is 5.01. The monoisotopic (exact) mass is 293 g/mol. The van der Waals surface area contributed by atoms with Crippen LogP contribution in [0.5, 0.6) is 0 Å². The molecule has 0 spiro atoms. The van der Waals surface area contributed by atoms with Crippen LogP contribution in [-0.2, 0) is 18.8 Å². The van der Waals surface area contributed by atoms with Gasteiger partial charge in [0.05, 0.1) is 11.5 Å². The average Bonchev–Trinajstić information content (AvgIpc) is 2.87. The van der Waals surface area contributed by atoms with Gasteiger partial charge in [0.2, 0.25) is 0 Å². The Morgan fingerprint density at radius 1 is 1.45 bits per heavy atom. The first-order chi connectivity index (χ1) is 9.65. The molecule has 7 nitrogen and oxygen atoms in total. The first-order valence-electron chi connectivity index (χ1n) is 6.14. The normalized spacial score (nSPS) is 10.7. The summed E-state index contributed by atoms with van der Waals surface area (Å²) in [6, 6.07) is 6.60. The van der Waals surface area contributed by atoms with E-state index in [1.807, 2.05) is 17.6 Å². The van der Waals surface area contributed by atoms with Crippen molar-refractivity contribution in [3.05, 3.63) is 45.8 Å². The Morgan fingerprint density at radius 3 is 2.90 bits per heavy atom. The number of aromatic nitrogens is 3. The third kappa shape index (κ3) is 3.14. The van der Waals surface area contributed by atoms with Crippen molar-refractivity contribution in [1.29, 1.82) is 0 Å². The third-order valence-corrected chi connectivity index (χ3v) is 3.82. The zero-order chi connectivity index (χ0) is 14.5. The molecule has 8 heteroatoms. The summed E-state index contributed by atoms with van der Waals surface area (Å²) in [6.07, 6.45) is 0. The molecule has 0 unspecified atom stereocenters. The van der Waals surface area contributed by atoms with E-state index in [0.717, 1.165) is 23.1 Å². The fraction of sp³-hybridized carbons (Fsp3) is 0.333. The van der Waals surface area contributed by atoms with Crippen molar-refractivity contribution in [2.45, 2.75) is 30.9 Å². The molecular weight excluding hydrogens is 278 g/mol. The molecule has 0 aliphatic carbocycles. The van der Waals surface area contributed by atoms with Crippen LogP contribution < -0.4 is 5.73 Å². The molecular formula is C12H15N5O2S. The van der Waals surface area contributed by atoms with Crippen molar-refractivity contribution in [3.63, 3.8) is 0 Å². The van der Waals surface area contributed by atoms with Crippen molar-refractivity contribution in [2.75, 3.05) is 0 Å². The number of nitro groups is 1. The highest BCUT2D eigenvalue weighted by atomic mass is 32.2. The molecule has 1 aromatic carbocycles. The van der Waals surface area contributed by atoms with Gasteiger partial charge in [-0.15, -0.1) is 10.2 Å². The van der Waals surface area contributed by atoms with Crippen LogP contribution in [0.2, 0.25) is 0 Å². The van der Waals surface area contributed by atoms with Crippen LogP contribution in [0.4, 0.5) is 5.69 Å². The predicted molar refractivity (Wildman–Crippen MR) is 76.2 cm³/mol. The van der Waals surface area contributed by atoms with E-state index < -0.39 is 4.92 Å². The van der Waals surface area contributed by atoms with E-state index in [0.29, 0.717) is 12.3 Å². The maximum atomic E-state index is 10.7. The molecule has 0 aliphatic heterocycles. The summed E-state index contributed by atoms with van der Waals surface area (Å²) in [5.74, 6) is 1.35. The molecule has 1 aromatic heterocycles. The van der Waals surface area contributed by atoms with Gasteiger partial charge in [0.25, 0.3) is 5.69 Å². The summed E-state index contributed by atoms with van der Waals surface area (Å²) < 4.78 is 1.95. The smallest absolute Gasteiger partial charge is 0.269 e. The van der Waals surface area contributed by atoms with Gasteiger partial charge in [-0.25, -0.2) is 0 Å². The Hall–Kier alpha value is -1.93. The van der Waals surface area contributed by atoms with Crippen LogP contribution in [0.15, 0.2) is 29.4 Å². The van der Waals surface area contributed by atoms with Gasteiger partial charge in [-0.1, -0.05) is 23.9 Å². The summed E-state index contributed by atoms with van der Waals surface area (Å²) in [5, 5.41) is 19.6. The first kappa shape index (κ1) is 14.5. The van der Waals surface area contributed by atoms with Crippen LogP contribution in [0.25, 0.3) is 0 Å². The van der Waals surface area contributed by atoms with Crippen LogP contribution in [0.1, 0.15) is 18.3 Å². The molecule has 0 atom stereocenters. The lowest BCUT2D eigenvalue weighted by Gasteiger charge is -2.05. The van der Waals surface area contributed by atoms with Crippen molar-refractivity contribution < 1.29 is 4.92 Å². The number of hydrogen-bond acceptors (Lipinski definition) is 6. The topological polar surface area (TPSA) is 99.9 Å². The van der Waals surface area contributed by atoms with Gasteiger partial charge >= 0.3 is 0 Å². The lowest BCUT2D eigenvalue weighted by molar-refractivity contribution is -0.384. The minimum absolute atomic E-state index is 0.0997. The molecule has 2 rings (SSSR count). The first-order valence-corrected chi connectivity index (χ1v) is 7.12. The maximum Gasteiger partial charge on any atom is 0.269 e. The molecule has 2 aromatic rings. The average molecular weight is 293 g/mol. The number of non-ortho nitro benzene ring substituents is 1. The number of hydrogen-bond donors (Lipinski definition) is 1. The molecule has 0 saturated carbocycles. The largest absolute Gasteiger partial charge is 0.324 e. The number of thioether (sulfide) groups is 1. The number of nitro benzene ring substituents is 1. The summed E-state index contributed by atoms with van der Waals surface area (Å²) in [7, 11) is 0. The molecule has 0 fully saturated rings. The minimum atomic E-state index is -0.394. The molecule has 0 radical (unpaired) electrons. The fourth-order valence-corrected chi connectivity index (χ4v) is 2.77. The summed E-state index contributed by atoms with van der Waals surface area (Å²) in [5.41, 5.74) is 6.57. The van der Waals surface area contributed by atoms with E-state index >= 15 is 0 Å². The predicted octanol–water partition coefficient (Wildman–Crippen LogP) is 1.96. The summed E-state index contributed by atoms with van der Waals surface area (Å²) in [4.78, 5) is 10.3. The van der Waals surface area contributed by atoms with Gasteiger partial charge in [-0.05, 0) is 12.5 Å². The second kappa shape index (κ2) is 6.49. The van der Waals surface area contributed by atoms with Crippen LogP contribution in [0, 0.1) is 10.1 Å². The van der Waals surface area contributed by atoms with E-state index in [1.54, 1.807) is 12.1 Å². The molecule has 0 aliphatic rings. The lowest BCUT2D eigenvalue weighted by Crippen LogP contribution is -2.08. The van der Waals surface area contributed by atoms with Crippen molar-refractivity contribution in [2.24, 2.45) is 5.73 Å². The Bertz CT molecular complexity index is 614. The van der Waals surface area contributed by atoms with E-state index in [2.05, 4.69) is 10.2 Å². The molecule has 0 saturated heterocycles. The van der Waals surface area contributed by atoms with Gasteiger partial charge in [0, 0.05) is 24.4 Å². The lowest BCUT2D eigenvalue weighted by atomic mass is 10.2. The van der Waals surface area contributed by atoms with Gasteiger partial charge in [0.15, 0.2) is 5.16 Å². The highest BCUT2D eigenvalue weighted by molar-refractivity contribution is 7.98. The Balaban J connectivity index is 2.10. The third-order valence-electron chi connectivity index (χ3n) is 2.78. The zero-order valence-electron chi connectivity index (χ0n) is 11.0. The van der Waals surface area contributed by atoms with Crippen LogP contribution in [-0.4, -0.2) is 19.7 Å². The van der Waals surface area contributed by atoms with E-state index in [9.17, 15) is 10.1 Å². The SMILES string of the molecule is CCn1c(CN)nnc1SCc1cccc([N+](=O)[O-])c1. The molecule has 2 N–H and O–H groups in total. The quantitative estimate of drug-likeness (QED) is 0.496. The highest BCUT2D eigenvalue weighted by Crippen LogP contribution is 2.23. The minimum Gasteiger partial charge on any atom is -0.324 e. The van der Waals surface area contributed by atoms with Crippen LogP contribution >= 0.6 is 11.8 Å². The number of nitrogens with two attached hydrogens (primary N) is 1. The second-order valence-electron chi connectivity index (χ2n) is 4.06. The molecule has 0 amide bonds. The maximum absolute atomic E-state index is 10.7. The Kier molecular flexibility index (Phi) is 4.70. The standard InChI is InChI=1S/C12H15N5O2S/c1-2-16-11(7-13)14-15-12(16)20-8-9-4-3-5-10(6-9)17(18)19/h3-6H,2,7-8,13H2,1H3. The van der Waals surface area contributed by atoms with Gasteiger partial charge < -0.3 is 10.3 Å². The highest BCUT2D eigenvalue weighted by Gasteiger charge is 2.11. The zero-order valence-corrected chi connectivity index (χ0v) is 11.8. The number of rotatable bonds is 6. The van der Waals surface area contributed by atoms with Crippen LogP contribution in [0.3, 0.4) is 0 Å². The number of nitrogens with zero attached hydrogens (tertiary/aromatic N) is 4. The Morgan fingerprint density at radius 2 is 2.25 bits per heavy atom. The summed E-state index contributed by atoms with van der Waals surface area (Å²) in [6.45, 7) is 3.09. The fourth-order valence-electron chi connectivity index (χ4n) is 1.80. The van der Waals surface area contributed by atoms with Crippen molar-refractivity contribution in [1.82, 2.24) is 14.8 Å². The van der Waals surface area contributed by atoms with E-state index in [-0.39, 0.29) is 5.69 Å². The van der Waals surface area contributed by atoms with Gasteiger partial charge in [-0.2, -0.15) is 0 Å². The Labute approximate surface area is 120 Å².